The fourth-order valence-corrected chi connectivity index (χ4v) is 4.32. The van der Waals surface area contributed by atoms with Gasteiger partial charge in [-0.15, -0.1) is 0 Å². The zero-order valence-corrected chi connectivity index (χ0v) is 20.0. The van der Waals surface area contributed by atoms with Gasteiger partial charge in [0, 0.05) is 11.8 Å². The Labute approximate surface area is 213 Å². The summed E-state index contributed by atoms with van der Waals surface area (Å²) >= 11 is 6.23. The van der Waals surface area contributed by atoms with Crippen molar-refractivity contribution < 1.29 is 9.59 Å². The van der Waals surface area contributed by atoms with Gasteiger partial charge in [0.05, 0.1) is 23.0 Å². The second-order valence-electron chi connectivity index (χ2n) is 8.27. The number of nitrogens with one attached hydrogen (secondary N) is 2. The Bertz CT molecular complexity index is 1520. The van der Waals surface area contributed by atoms with Crippen molar-refractivity contribution in [2.24, 2.45) is 0 Å². The van der Waals surface area contributed by atoms with Crippen LogP contribution in [0, 0.1) is 0 Å². The van der Waals surface area contributed by atoms with E-state index in [2.05, 4.69) is 10.6 Å². The molecule has 5 rings (SSSR count). The number of fused-ring (bicyclic) bond motifs is 1. The summed E-state index contributed by atoms with van der Waals surface area (Å²) in [6.07, 6.45) is 1.88. The van der Waals surface area contributed by atoms with E-state index in [0.29, 0.717) is 22.1 Å². The fraction of sp³-hybridized carbons (Fsp3) is 0.0690. The largest absolute Gasteiger partial charge is 0.345 e. The Morgan fingerprint density at radius 2 is 1.50 bits per heavy atom. The first-order chi connectivity index (χ1) is 17.6. The lowest BCUT2D eigenvalue weighted by atomic mass is 10.0. The van der Waals surface area contributed by atoms with E-state index in [1.54, 1.807) is 24.3 Å². The first kappa shape index (κ1) is 23.3. The highest BCUT2D eigenvalue weighted by Gasteiger charge is 2.22. The van der Waals surface area contributed by atoms with E-state index in [1.165, 1.54) is 0 Å². The molecule has 2 heterocycles. The van der Waals surface area contributed by atoms with Crippen LogP contribution in [0.25, 0.3) is 16.9 Å². The van der Waals surface area contributed by atoms with Crippen LogP contribution >= 0.6 is 11.6 Å². The van der Waals surface area contributed by atoms with Gasteiger partial charge in [-0.1, -0.05) is 90.5 Å². The molecule has 0 saturated heterocycles. The summed E-state index contributed by atoms with van der Waals surface area (Å²) in [5.41, 5.74) is 3.45. The van der Waals surface area contributed by atoms with E-state index in [9.17, 15) is 9.59 Å². The average Bonchev–Trinajstić information content (AvgIpc) is 3.27. The Morgan fingerprint density at radius 1 is 0.833 bits per heavy atom. The maximum Gasteiger partial charge on any atom is 0.253 e. The average molecular weight is 495 g/mol. The van der Waals surface area contributed by atoms with E-state index in [4.69, 9.17) is 16.6 Å². The molecule has 0 radical (unpaired) electrons. The molecule has 6 nitrogen and oxygen atoms in total. The van der Waals surface area contributed by atoms with Crippen molar-refractivity contribution in [1.29, 1.82) is 0 Å². The second kappa shape index (κ2) is 10.5. The van der Waals surface area contributed by atoms with Crippen molar-refractivity contribution in [3.05, 3.63) is 125 Å². The molecule has 0 bridgehead atoms. The molecule has 0 aliphatic heterocycles. The lowest BCUT2D eigenvalue weighted by Gasteiger charge is -2.20. The van der Waals surface area contributed by atoms with E-state index in [0.717, 1.165) is 16.8 Å². The predicted molar refractivity (Wildman–Crippen MR) is 142 cm³/mol. The number of benzene rings is 3. The zero-order chi connectivity index (χ0) is 24.9. The third-order valence-electron chi connectivity index (χ3n) is 5.85. The number of hydrogen-bond acceptors (Lipinski definition) is 3. The molecule has 0 saturated carbocycles. The normalized spacial score (nSPS) is 11.7. The van der Waals surface area contributed by atoms with Crippen LogP contribution in [0.5, 0.6) is 0 Å². The van der Waals surface area contributed by atoms with E-state index in [-0.39, 0.29) is 18.2 Å². The van der Waals surface area contributed by atoms with Crippen LogP contribution in [0.1, 0.15) is 28.4 Å². The number of halogens is 1. The SMILES string of the molecule is O=C(CC(NC(=O)c1ccccc1Cl)c1ccccc1)Nc1c(-c2ccccc2)nc2ccccn12. The lowest BCUT2D eigenvalue weighted by Crippen LogP contribution is -2.32. The highest BCUT2D eigenvalue weighted by atomic mass is 35.5. The quantitative estimate of drug-likeness (QED) is 0.285. The molecule has 0 fully saturated rings. The molecule has 1 unspecified atom stereocenters. The monoisotopic (exact) mass is 494 g/mol. The molecule has 0 spiro atoms. The molecule has 2 amide bonds. The summed E-state index contributed by atoms with van der Waals surface area (Å²) in [5.74, 6) is -0.0285. The van der Waals surface area contributed by atoms with Crippen LogP contribution in [0.3, 0.4) is 0 Å². The molecule has 2 N–H and O–H groups in total. The molecule has 3 aromatic carbocycles. The Kier molecular flexibility index (Phi) is 6.78. The number of carbonyl (C=O) groups excluding carboxylic acids is 2. The van der Waals surface area contributed by atoms with Gasteiger partial charge in [-0.3, -0.25) is 14.0 Å². The van der Waals surface area contributed by atoms with Crippen molar-refractivity contribution in [3.63, 3.8) is 0 Å². The van der Waals surface area contributed by atoms with Gasteiger partial charge in [0.2, 0.25) is 5.91 Å². The van der Waals surface area contributed by atoms with Crippen molar-refractivity contribution in [2.75, 3.05) is 5.32 Å². The van der Waals surface area contributed by atoms with Crippen molar-refractivity contribution in [1.82, 2.24) is 14.7 Å². The number of nitrogens with zero attached hydrogens (tertiary/aromatic N) is 2. The Hall–Kier alpha value is -4.42. The van der Waals surface area contributed by atoms with E-state index < -0.39 is 6.04 Å². The minimum atomic E-state index is -0.561. The number of aromatic nitrogens is 2. The van der Waals surface area contributed by atoms with Crippen molar-refractivity contribution in [2.45, 2.75) is 12.5 Å². The first-order valence-electron chi connectivity index (χ1n) is 11.5. The number of hydrogen-bond donors (Lipinski definition) is 2. The standard InChI is InChI=1S/C29H23ClN4O2/c30-23-16-8-7-15-22(23)29(36)31-24(20-11-3-1-4-12-20)19-26(35)33-28-27(21-13-5-2-6-14-21)32-25-17-9-10-18-34(25)28/h1-18,24H,19H2,(H,31,36)(H,33,35). The summed E-state index contributed by atoms with van der Waals surface area (Å²) in [6, 6.07) is 31.1. The maximum atomic E-state index is 13.4. The van der Waals surface area contributed by atoms with Gasteiger partial charge < -0.3 is 10.6 Å². The van der Waals surface area contributed by atoms with Gasteiger partial charge in [-0.05, 0) is 29.8 Å². The van der Waals surface area contributed by atoms with E-state index in [1.807, 2.05) is 89.5 Å². The minimum absolute atomic E-state index is 0.0223. The Balaban J connectivity index is 1.44. The molecule has 2 aromatic heterocycles. The van der Waals surface area contributed by atoms with Crippen LogP contribution in [0.2, 0.25) is 5.02 Å². The fourth-order valence-electron chi connectivity index (χ4n) is 4.10. The second-order valence-corrected chi connectivity index (χ2v) is 8.68. The molecule has 7 heteroatoms. The van der Waals surface area contributed by atoms with Crippen LogP contribution in [0.4, 0.5) is 5.82 Å². The molecule has 0 aliphatic carbocycles. The number of rotatable bonds is 7. The van der Waals surface area contributed by atoms with Gasteiger partial charge in [0.1, 0.15) is 17.2 Å². The van der Waals surface area contributed by atoms with Gasteiger partial charge in [-0.2, -0.15) is 0 Å². The first-order valence-corrected chi connectivity index (χ1v) is 11.9. The molecular formula is C29H23ClN4O2. The number of anilines is 1. The van der Waals surface area contributed by atoms with Gasteiger partial charge >= 0.3 is 0 Å². The van der Waals surface area contributed by atoms with Crippen LogP contribution in [-0.4, -0.2) is 21.2 Å². The summed E-state index contributed by atoms with van der Waals surface area (Å²) in [4.78, 5) is 31.1. The van der Waals surface area contributed by atoms with Gasteiger partial charge in [-0.25, -0.2) is 4.98 Å². The highest BCUT2D eigenvalue weighted by molar-refractivity contribution is 6.33. The third-order valence-corrected chi connectivity index (χ3v) is 6.18. The molecule has 178 valence electrons. The predicted octanol–water partition coefficient (Wildman–Crippen LogP) is 6.15. The zero-order valence-electron chi connectivity index (χ0n) is 19.3. The molecular weight excluding hydrogens is 472 g/mol. The molecule has 36 heavy (non-hydrogen) atoms. The van der Waals surface area contributed by atoms with Crippen LogP contribution in [-0.2, 0) is 4.79 Å². The number of amides is 2. The third kappa shape index (κ3) is 4.99. The van der Waals surface area contributed by atoms with Gasteiger partial charge in [0.25, 0.3) is 5.91 Å². The number of imidazole rings is 1. The summed E-state index contributed by atoms with van der Waals surface area (Å²) in [7, 11) is 0. The van der Waals surface area contributed by atoms with Crippen molar-refractivity contribution in [3.8, 4) is 11.3 Å². The molecule has 1 atom stereocenters. The smallest absolute Gasteiger partial charge is 0.253 e. The number of carbonyl (C=O) groups is 2. The topological polar surface area (TPSA) is 75.5 Å². The Morgan fingerprint density at radius 3 is 2.25 bits per heavy atom. The summed E-state index contributed by atoms with van der Waals surface area (Å²) < 4.78 is 1.85. The minimum Gasteiger partial charge on any atom is -0.345 e. The maximum absolute atomic E-state index is 13.4. The van der Waals surface area contributed by atoms with Crippen LogP contribution in [0.15, 0.2) is 109 Å². The highest BCUT2D eigenvalue weighted by Crippen LogP contribution is 2.29. The van der Waals surface area contributed by atoms with Gasteiger partial charge in [0.15, 0.2) is 0 Å². The van der Waals surface area contributed by atoms with E-state index >= 15 is 0 Å². The van der Waals surface area contributed by atoms with Crippen LogP contribution < -0.4 is 10.6 Å². The summed E-state index contributed by atoms with van der Waals surface area (Å²) in [5, 5.41) is 6.37. The summed E-state index contributed by atoms with van der Waals surface area (Å²) in [6.45, 7) is 0. The lowest BCUT2D eigenvalue weighted by molar-refractivity contribution is -0.116. The van der Waals surface area contributed by atoms with Crippen molar-refractivity contribution >= 4 is 34.9 Å². The number of pyridine rings is 1. The molecule has 5 aromatic rings. The molecule has 0 aliphatic rings.